The van der Waals surface area contributed by atoms with Crippen LogP contribution in [0.5, 0.6) is 0 Å². The van der Waals surface area contributed by atoms with Gasteiger partial charge in [-0.15, -0.1) is 11.3 Å². The van der Waals surface area contributed by atoms with E-state index in [0.717, 1.165) is 9.71 Å². The minimum Gasteiger partial charge on any atom is -0.461 e. The molecule has 0 aliphatic heterocycles. The number of aromatic nitrogens is 2. The molecule has 1 fully saturated rings. The van der Waals surface area contributed by atoms with Crippen LogP contribution in [0.1, 0.15) is 34.6 Å². The second kappa shape index (κ2) is 3.80. The predicted molar refractivity (Wildman–Crippen MR) is 61.3 cm³/mol. The number of thiazole rings is 1. The van der Waals surface area contributed by atoms with E-state index < -0.39 is 12.1 Å². The summed E-state index contributed by atoms with van der Waals surface area (Å²) in [6, 6.07) is 0. The molecule has 2 aromatic rings. The zero-order chi connectivity index (χ0) is 12.0. The van der Waals surface area contributed by atoms with Crippen molar-refractivity contribution in [1.29, 1.82) is 0 Å². The van der Waals surface area contributed by atoms with Crippen molar-refractivity contribution in [3.05, 3.63) is 23.1 Å². The lowest BCUT2D eigenvalue weighted by Gasteiger charge is -2.02. The van der Waals surface area contributed by atoms with Crippen LogP contribution < -0.4 is 0 Å². The number of esters is 1. The van der Waals surface area contributed by atoms with Crippen molar-refractivity contribution in [2.45, 2.75) is 25.4 Å². The highest BCUT2D eigenvalue weighted by Crippen LogP contribution is 2.48. The molecular formula is C11H11FN2O2S. The van der Waals surface area contributed by atoms with Crippen LogP contribution >= 0.6 is 11.3 Å². The van der Waals surface area contributed by atoms with Crippen molar-refractivity contribution in [3.63, 3.8) is 0 Å². The summed E-state index contributed by atoms with van der Waals surface area (Å²) >= 11 is 1.42. The Kier molecular flexibility index (Phi) is 2.39. The molecule has 2 heterocycles. The predicted octanol–water partition coefficient (Wildman–Crippen LogP) is 2.40. The normalized spacial score (nSPS) is 22.9. The van der Waals surface area contributed by atoms with Gasteiger partial charge in [0.2, 0.25) is 0 Å². The first-order chi connectivity index (χ1) is 8.22. The molecule has 1 aliphatic rings. The van der Waals surface area contributed by atoms with Gasteiger partial charge < -0.3 is 4.74 Å². The lowest BCUT2D eigenvalue weighted by Crippen LogP contribution is -2.09. The Hall–Kier alpha value is -1.43. The number of hydrogen-bond donors (Lipinski definition) is 0. The molecule has 6 heteroatoms. The number of alkyl halides is 1. The Bertz CT molecular complexity index is 577. The van der Waals surface area contributed by atoms with E-state index in [9.17, 15) is 9.18 Å². The van der Waals surface area contributed by atoms with Crippen LogP contribution in [0.25, 0.3) is 4.83 Å². The summed E-state index contributed by atoms with van der Waals surface area (Å²) in [5, 5.41) is 0. The van der Waals surface area contributed by atoms with Crippen LogP contribution in [0.2, 0.25) is 0 Å². The van der Waals surface area contributed by atoms with Gasteiger partial charge in [0.15, 0.2) is 0 Å². The fourth-order valence-electron chi connectivity index (χ4n) is 1.89. The standard InChI is InChI=1S/C11H11FN2O2S/c1-2-16-11(15)9-10(6-3-7(6)12)17-8-4-13-5-14(8)9/h4-7H,2-3H2,1H3/t6-,7+/m1/s1. The molecule has 0 radical (unpaired) electrons. The monoisotopic (exact) mass is 254 g/mol. The van der Waals surface area contributed by atoms with Gasteiger partial charge in [-0.1, -0.05) is 0 Å². The van der Waals surface area contributed by atoms with Crippen LogP contribution in [-0.2, 0) is 4.74 Å². The molecule has 0 bridgehead atoms. The highest BCUT2D eigenvalue weighted by Gasteiger charge is 2.43. The number of hydrogen-bond acceptors (Lipinski definition) is 4. The fourth-order valence-corrected chi connectivity index (χ4v) is 3.14. The molecule has 0 saturated heterocycles. The van der Waals surface area contributed by atoms with Gasteiger partial charge in [0, 0.05) is 10.8 Å². The van der Waals surface area contributed by atoms with E-state index in [2.05, 4.69) is 4.98 Å². The minimum atomic E-state index is -0.820. The van der Waals surface area contributed by atoms with Crippen LogP contribution in [0.4, 0.5) is 4.39 Å². The van der Waals surface area contributed by atoms with E-state index in [0.29, 0.717) is 18.7 Å². The minimum absolute atomic E-state index is 0.140. The number of rotatable bonds is 3. The van der Waals surface area contributed by atoms with Crippen LogP contribution in [-0.4, -0.2) is 28.1 Å². The number of fused-ring (bicyclic) bond motifs is 1. The average molecular weight is 254 g/mol. The third-order valence-corrected chi connectivity index (χ3v) is 4.04. The fraction of sp³-hybridized carbons (Fsp3) is 0.455. The Morgan fingerprint density at radius 1 is 1.76 bits per heavy atom. The van der Waals surface area contributed by atoms with E-state index in [1.54, 1.807) is 23.8 Å². The summed E-state index contributed by atoms with van der Waals surface area (Å²) in [5.41, 5.74) is 0.439. The Morgan fingerprint density at radius 3 is 3.18 bits per heavy atom. The molecule has 1 saturated carbocycles. The molecule has 1 aliphatic carbocycles. The van der Waals surface area contributed by atoms with Gasteiger partial charge in [0.05, 0.1) is 12.8 Å². The number of imidazole rings is 1. The molecule has 0 unspecified atom stereocenters. The van der Waals surface area contributed by atoms with Gasteiger partial charge in [-0.25, -0.2) is 14.2 Å². The topological polar surface area (TPSA) is 43.6 Å². The van der Waals surface area contributed by atoms with Gasteiger partial charge >= 0.3 is 5.97 Å². The molecule has 17 heavy (non-hydrogen) atoms. The van der Waals surface area contributed by atoms with E-state index in [1.165, 1.54) is 11.3 Å². The highest BCUT2D eigenvalue weighted by molar-refractivity contribution is 7.17. The highest BCUT2D eigenvalue weighted by atomic mass is 32.1. The molecule has 0 aromatic carbocycles. The maximum Gasteiger partial charge on any atom is 0.356 e. The maximum atomic E-state index is 13.2. The van der Waals surface area contributed by atoms with E-state index in [-0.39, 0.29) is 5.92 Å². The summed E-state index contributed by atoms with van der Waals surface area (Å²) in [5.74, 6) is -0.537. The molecule has 4 nitrogen and oxygen atoms in total. The quantitative estimate of drug-likeness (QED) is 0.790. The lowest BCUT2D eigenvalue weighted by atomic mass is 10.2. The van der Waals surface area contributed by atoms with Crippen LogP contribution in [0.15, 0.2) is 12.5 Å². The number of halogens is 1. The average Bonchev–Trinajstić information content (AvgIpc) is 2.74. The van der Waals surface area contributed by atoms with Gasteiger partial charge in [-0.05, 0) is 13.3 Å². The van der Waals surface area contributed by atoms with E-state index in [4.69, 9.17) is 4.74 Å². The second-order valence-electron chi connectivity index (χ2n) is 4.00. The summed E-state index contributed by atoms with van der Waals surface area (Å²) in [6.45, 7) is 2.07. The van der Waals surface area contributed by atoms with Gasteiger partial charge in [-0.3, -0.25) is 4.40 Å². The first kappa shape index (κ1) is 10.7. The zero-order valence-electron chi connectivity index (χ0n) is 9.22. The third kappa shape index (κ3) is 1.63. The maximum absolute atomic E-state index is 13.2. The molecule has 90 valence electrons. The third-order valence-electron chi connectivity index (χ3n) is 2.81. The second-order valence-corrected chi connectivity index (χ2v) is 5.06. The molecule has 2 aromatic heterocycles. The smallest absolute Gasteiger partial charge is 0.356 e. The zero-order valence-corrected chi connectivity index (χ0v) is 10.0. The first-order valence-corrected chi connectivity index (χ1v) is 6.30. The van der Waals surface area contributed by atoms with E-state index in [1.807, 2.05) is 0 Å². The van der Waals surface area contributed by atoms with Crippen molar-refractivity contribution in [1.82, 2.24) is 9.38 Å². The van der Waals surface area contributed by atoms with Crippen molar-refractivity contribution in [2.75, 3.05) is 6.61 Å². The van der Waals surface area contributed by atoms with Gasteiger partial charge in [0.1, 0.15) is 23.0 Å². The van der Waals surface area contributed by atoms with Gasteiger partial charge in [0.25, 0.3) is 0 Å². The molecule has 2 atom stereocenters. The number of nitrogens with zero attached hydrogens (tertiary/aromatic N) is 2. The lowest BCUT2D eigenvalue weighted by molar-refractivity contribution is 0.0517. The van der Waals surface area contributed by atoms with Crippen molar-refractivity contribution >= 4 is 22.1 Å². The van der Waals surface area contributed by atoms with E-state index >= 15 is 0 Å². The molecule has 0 N–H and O–H groups in total. The van der Waals surface area contributed by atoms with Crippen molar-refractivity contribution in [2.24, 2.45) is 0 Å². The summed E-state index contributed by atoms with van der Waals surface area (Å²) in [4.78, 5) is 17.5. The number of carbonyl (C=O) groups excluding carboxylic acids is 1. The molecule has 0 spiro atoms. The Balaban J connectivity index is 2.10. The van der Waals surface area contributed by atoms with Crippen molar-refractivity contribution < 1.29 is 13.9 Å². The Morgan fingerprint density at radius 2 is 2.53 bits per heavy atom. The first-order valence-electron chi connectivity index (χ1n) is 5.48. The molecule has 0 amide bonds. The number of carbonyl (C=O) groups is 1. The largest absolute Gasteiger partial charge is 0.461 e. The molecule has 3 rings (SSSR count). The van der Waals surface area contributed by atoms with Crippen LogP contribution in [0, 0.1) is 0 Å². The van der Waals surface area contributed by atoms with Crippen molar-refractivity contribution in [3.8, 4) is 0 Å². The van der Waals surface area contributed by atoms with Gasteiger partial charge in [-0.2, -0.15) is 0 Å². The SMILES string of the molecule is CCOC(=O)c1c([C@@H]2C[C@@H]2F)sc2cncn12. The number of ether oxygens (including phenoxy) is 1. The summed E-state index contributed by atoms with van der Waals surface area (Å²) in [6.07, 6.45) is 2.92. The Labute approximate surface area is 101 Å². The summed E-state index contributed by atoms with van der Waals surface area (Å²) < 4.78 is 19.9. The summed E-state index contributed by atoms with van der Waals surface area (Å²) in [7, 11) is 0. The van der Waals surface area contributed by atoms with Crippen LogP contribution in [0.3, 0.4) is 0 Å². The molecular weight excluding hydrogens is 243 g/mol.